The average molecular weight is 641 g/mol. The van der Waals surface area contributed by atoms with Crippen molar-refractivity contribution in [2.45, 2.75) is 13.3 Å². The fraction of sp³-hybridized carbons (Fsp3) is 0.0435. The Labute approximate surface area is 290 Å². The highest BCUT2D eigenvalue weighted by Crippen LogP contribution is 2.38. The summed E-state index contributed by atoms with van der Waals surface area (Å²) >= 11 is 0. The molecule has 4 nitrogen and oxygen atoms in total. The molecule has 50 heavy (non-hydrogen) atoms. The van der Waals surface area contributed by atoms with E-state index in [0.29, 0.717) is 17.5 Å². The van der Waals surface area contributed by atoms with Crippen LogP contribution in [0.15, 0.2) is 152 Å². The smallest absolute Gasteiger partial charge is 0.164 e. The summed E-state index contributed by atoms with van der Waals surface area (Å²) in [5, 5.41) is 9.21. The first-order valence-corrected chi connectivity index (χ1v) is 17.0. The van der Waals surface area contributed by atoms with E-state index >= 15 is 0 Å². The largest absolute Gasteiger partial charge is 0.256 e. The molecule has 0 unspecified atom stereocenters. The van der Waals surface area contributed by atoms with Crippen molar-refractivity contribution in [3.63, 3.8) is 0 Å². The molecule has 0 saturated heterocycles. The maximum Gasteiger partial charge on any atom is 0.164 e. The van der Waals surface area contributed by atoms with Crippen LogP contribution in [0.4, 0.5) is 0 Å². The van der Waals surface area contributed by atoms with Crippen LogP contribution >= 0.6 is 0 Å². The molecular formula is C46H32N4. The molecule has 9 rings (SSSR count). The molecule has 236 valence electrons. The Morgan fingerprint density at radius 2 is 1.04 bits per heavy atom. The molecule has 0 aliphatic carbocycles. The SMILES string of the molecule is C=Cc1c(CC)c(-c2nc(-c3ccc(-c4nccc5ccccc45)cc3)nc(-c3cc4ccccc4c4ccccc34)n2)cc2ccccc12. The third kappa shape index (κ3) is 4.92. The Bertz CT molecular complexity index is 2760. The number of fused-ring (bicyclic) bond motifs is 5. The second-order valence-corrected chi connectivity index (χ2v) is 12.6. The molecular weight excluding hydrogens is 609 g/mol. The van der Waals surface area contributed by atoms with Crippen molar-refractivity contribution in [1.29, 1.82) is 0 Å². The summed E-state index contributed by atoms with van der Waals surface area (Å²) < 4.78 is 0. The Kier molecular flexibility index (Phi) is 7.21. The van der Waals surface area contributed by atoms with Gasteiger partial charge in [0.2, 0.25) is 0 Å². The molecule has 0 atom stereocenters. The third-order valence-electron chi connectivity index (χ3n) is 9.73. The monoisotopic (exact) mass is 640 g/mol. The van der Waals surface area contributed by atoms with Crippen LogP contribution in [0.2, 0.25) is 0 Å². The van der Waals surface area contributed by atoms with Crippen LogP contribution in [-0.4, -0.2) is 19.9 Å². The standard InChI is InChI=1S/C46H32N4/c1-3-34-35(4-2)41(27-32-14-6-8-16-36(32)34)45-48-44(31-23-21-30(22-24-31)43-38-18-10-5-13-29(38)25-26-47-43)49-46(50-45)42-28-33-15-7-9-17-37(33)39-19-11-12-20-40(39)42/h3,5-28H,1,4H2,2H3. The van der Waals surface area contributed by atoms with Crippen molar-refractivity contribution in [2.75, 3.05) is 0 Å². The minimum atomic E-state index is 0.620. The third-order valence-corrected chi connectivity index (χ3v) is 9.73. The molecule has 0 radical (unpaired) electrons. The molecule has 0 amide bonds. The number of nitrogens with zero attached hydrogens (tertiary/aromatic N) is 4. The van der Waals surface area contributed by atoms with Crippen molar-refractivity contribution in [3.05, 3.63) is 163 Å². The lowest BCUT2D eigenvalue weighted by molar-refractivity contribution is 1.06. The van der Waals surface area contributed by atoms with Gasteiger partial charge in [-0.2, -0.15) is 0 Å². The molecule has 2 aromatic heterocycles. The zero-order chi connectivity index (χ0) is 33.6. The Morgan fingerprint density at radius 3 is 1.76 bits per heavy atom. The van der Waals surface area contributed by atoms with Crippen LogP contribution in [0.1, 0.15) is 18.1 Å². The van der Waals surface area contributed by atoms with Crippen molar-refractivity contribution >= 4 is 49.2 Å². The number of pyridine rings is 1. The van der Waals surface area contributed by atoms with E-state index in [2.05, 4.69) is 147 Å². The lowest BCUT2D eigenvalue weighted by Gasteiger charge is -2.16. The van der Waals surface area contributed by atoms with Crippen LogP contribution in [0.5, 0.6) is 0 Å². The number of hydrogen-bond donors (Lipinski definition) is 0. The maximum absolute atomic E-state index is 5.28. The molecule has 0 spiro atoms. The fourth-order valence-electron chi connectivity index (χ4n) is 7.34. The minimum Gasteiger partial charge on any atom is -0.256 e. The number of aromatic nitrogens is 4. The van der Waals surface area contributed by atoms with Gasteiger partial charge < -0.3 is 0 Å². The maximum atomic E-state index is 5.28. The van der Waals surface area contributed by atoms with Gasteiger partial charge in [0.05, 0.1) is 5.69 Å². The van der Waals surface area contributed by atoms with Gasteiger partial charge in [-0.15, -0.1) is 0 Å². The highest BCUT2D eigenvalue weighted by atomic mass is 15.0. The number of hydrogen-bond acceptors (Lipinski definition) is 4. The number of rotatable bonds is 6. The second kappa shape index (κ2) is 12.2. The van der Waals surface area contributed by atoms with E-state index in [1.54, 1.807) is 0 Å². The molecule has 0 fully saturated rings. The van der Waals surface area contributed by atoms with Gasteiger partial charge >= 0.3 is 0 Å². The van der Waals surface area contributed by atoms with Crippen molar-refractivity contribution in [1.82, 2.24) is 19.9 Å². The summed E-state index contributed by atoms with van der Waals surface area (Å²) in [6.07, 6.45) is 4.64. The topological polar surface area (TPSA) is 51.6 Å². The van der Waals surface area contributed by atoms with E-state index in [4.69, 9.17) is 19.9 Å². The predicted octanol–water partition coefficient (Wildman–Crippen LogP) is 11.8. The minimum absolute atomic E-state index is 0.620. The van der Waals surface area contributed by atoms with Gasteiger partial charge in [-0.05, 0) is 73.5 Å². The first kappa shape index (κ1) is 29.6. The first-order valence-electron chi connectivity index (χ1n) is 17.0. The van der Waals surface area contributed by atoms with E-state index in [0.717, 1.165) is 66.9 Å². The zero-order valence-electron chi connectivity index (χ0n) is 27.6. The molecule has 7 aromatic carbocycles. The van der Waals surface area contributed by atoms with Crippen molar-refractivity contribution in [2.24, 2.45) is 0 Å². The molecule has 0 aliphatic rings. The Hall–Kier alpha value is -6.52. The van der Waals surface area contributed by atoms with E-state index in [1.807, 2.05) is 18.3 Å². The average Bonchev–Trinajstić information content (AvgIpc) is 3.19. The van der Waals surface area contributed by atoms with E-state index in [1.165, 1.54) is 21.7 Å². The summed E-state index contributed by atoms with van der Waals surface area (Å²) in [5.74, 6) is 1.91. The molecule has 0 N–H and O–H groups in total. The fourth-order valence-corrected chi connectivity index (χ4v) is 7.34. The summed E-state index contributed by atoms with van der Waals surface area (Å²) in [7, 11) is 0. The van der Waals surface area contributed by atoms with Crippen LogP contribution in [0.3, 0.4) is 0 Å². The van der Waals surface area contributed by atoms with E-state index < -0.39 is 0 Å². The molecule has 0 bridgehead atoms. The Morgan fingerprint density at radius 1 is 0.500 bits per heavy atom. The van der Waals surface area contributed by atoms with Crippen LogP contribution in [0.25, 0.3) is 94.6 Å². The van der Waals surface area contributed by atoms with Crippen LogP contribution < -0.4 is 0 Å². The van der Waals surface area contributed by atoms with Gasteiger partial charge in [0.1, 0.15) is 0 Å². The van der Waals surface area contributed by atoms with E-state index in [-0.39, 0.29) is 0 Å². The van der Waals surface area contributed by atoms with Gasteiger partial charge in [0.15, 0.2) is 17.5 Å². The van der Waals surface area contributed by atoms with Gasteiger partial charge in [-0.25, -0.2) is 15.0 Å². The molecule has 2 heterocycles. The lowest BCUT2D eigenvalue weighted by Crippen LogP contribution is -2.03. The van der Waals surface area contributed by atoms with Gasteiger partial charge in [0, 0.05) is 33.8 Å². The summed E-state index contributed by atoms with van der Waals surface area (Å²) in [6.45, 7) is 6.39. The molecule has 4 heteroatoms. The van der Waals surface area contributed by atoms with Crippen molar-refractivity contribution < 1.29 is 0 Å². The predicted molar refractivity (Wildman–Crippen MR) is 209 cm³/mol. The normalized spacial score (nSPS) is 11.5. The highest BCUT2D eigenvalue weighted by Gasteiger charge is 2.19. The molecule has 0 saturated carbocycles. The summed E-state index contributed by atoms with van der Waals surface area (Å²) in [6, 6.07) is 48.7. The molecule has 9 aromatic rings. The first-order chi connectivity index (χ1) is 24.7. The van der Waals surface area contributed by atoms with E-state index in [9.17, 15) is 0 Å². The van der Waals surface area contributed by atoms with Gasteiger partial charge in [0.25, 0.3) is 0 Å². The van der Waals surface area contributed by atoms with Crippen LogP contribution in [0, 0.1) is 0 Å². The Balaban J connectivity index is 1.29. The lowest BCUT2D eigenvalue weighted by atomic mass is 9.92. The van der Waals surface area contributed by atoms with Crippen molar-refractivity contribution in [3.8, 4) is 45.4 Å². The van der Waals surface area contributed by atoms with Gasteiger partial charge in [-0.3, -0.25) is 4.98 Å². The quantitative estimate of drug-likeness (QED) is 0.170. The summed E-state index contributed by atoms with van der Waals surface area (Å²) in [4.78, 5) is 20.5. The second-order valence-electron chi connectivity index (χ2n) is 12.6. The van der Waals surface area contributed by atoms with Gasteiger partial charge in [-0.1, -0.05) is 141 Å². The summed E-state index contributed by atoms with van der Waals surface area (Å²) in [5.41, 5.74) is 7.16. The number of benzene rings is 7. The highest BCUT2D eigenvalue weighted by molar-refractivity contribution is 6.13. The zero-order valence-corrected chi connectivity index (χ0v) is 27.6. The molecule has 0 aliphatic heterocycles. The van der Waals surface area contributed by atoms with Crippen LogP contribution in [-0.2, 0) is 6.42 Å².